The molecule has 3 N–H and O–H groups in total. The highest BCUT2D eigenvalue weighted by Gasteiger charge is 2.25. The van der Waals surface area contributed by atoms with Gasteiger partial charge in [-0.2, -0.15) is 0 Å². The number of amides is 1. The van der Waals surface area contributed by atoms with E-state index in [4.69, 9.17) is 0 Å². The van der Waals surface area contributed by atoms with Crippen molar-refractivity contribution in [3.05, 3.63) is 0 Å². The van der Waals surface area contributed by atoms with Crippen molar-refractivity contribution in [1.29, 1.82) is 0 Å². The molecule has 0 aromatic rings. The van der Waals surface area contributed by atoms with Gasteiger partial charge in [0.2, 0.25) is 15.9 Å². The van der Waals surface area contributed by atoms with E-state index in [1.807, 2.05) is 0 Å². The van der Waals surface area contributed by atoms with E-state index in [0.29, 0.717) is 18.4 Å². The Kier molecular flexibility index (Phi) is 5.40. The molecule has 2 fully saturated rings. The number of carbonyl (C=O) groups is 1. The smallest absolute Gasteiger partial charge is 0.236 e. The van der Waals surface area contributed by atoms with Crippen LogP contribution in [0.25, 0.3) is 0 Å². The van der Waals surface area contributed by atoms with Crippen molar-refractivity contribution in [2.24, 2.45) is 11.8 Å². The zero-order valence-corrected chi connectivity index (χ0v) is 12.8. The first-order valence-corrected chi connectivity index (χ1v) is 9.07. The van der Waals surface area contributed by atoms with Crippen LogP contribution in [0.15, 0.2) is 0 Å². The molecule has 0 aromatic carbocycles. The van der Waals surface area contributed by atoms with Gasteiger partial charge < -0.3 is 10.6 Å². The van der Waals surface area contributed by atoms with Gasteiger partial charge in [-0.05, 0) is 31.6 Å². The molecule has 0 atom stereocenters. The van der Waals surface area contributed by atoms with Crippen LogP contribution in [0.4, 0.5) is 0 Å². The van der Waals surface area contributed by atoms with Gasteiger partial charge in [-0.15, -0.1) is 0 Å². The highest BCUT2D eigenvalue weighted by molar-refractivity contribution is 7.90. The van der Waals surface area contributed by atoms with Crippen LogP contribution in [0, 0.1) is 11.8 Å². The third kappa shape index (κ3) is 5.03. The molecular formula is C13H25N3O3S. The fourth-order valence-corrected chi connectivity index (χ4v) is 3.92. The predicted molar refractivity (Wildman–Crippen MR) is 77.7 cm³/mol. The molecule has 1 amide bonds. The van der Waals surface area contributed by atoms with Crippen LogP contribution in [0.5, 0.6) is 0 Å². The third-order valence-electron chi connectivity index (χ3n) is 4.14. The zero-order valence-electron chi connectivity index (χ0n) is 12.0. The summed E-state index contributed by atoms with van der Waals surface area (Å²) in [6.45, 7) is 4.53. The molecule has 0 spiro atoms. The fraction of sp³-hybridized carbons (Fsp3) is 0.923. The van der Waals surface area contributed by atoms with Crippen molar-refractivity contribution in [2.45, 2.75) is 38.6 Å². The second-order valence-corrected chi connectivity index (χ2v) is 7.92. The van der Waals surface area contributed by atoms with Gasteiger partial charge in [0.15, 0.2) is 0 Å². The van der Waals surface area contributed by atoms with E-state index in [-0.39, 0.29) is 6.04 Å². The summed E-state index contributed by atoms with van der Waals surface area (Å²) in [7, 11) is -3.51. The highest BCUT2D eigenvalue weighted by Crippen LogP contribution is 2.23. The SMILES string of the molecule is CC1CCC(NS(=O)(=O)CC(=O)NCC2CNC2)CC1. The van der Waals surface area contributed by atoms with E-state index < -0.39 is 21.7 Å². The fourth-order valence-electron chi connectivity index (χ4n) is 2.65. The van der Waals surface area contributed by atoms with Gasteiger partial charge in [-0.25, -0.2) is 13.1 Å². The molecule has 20 heavy (non-hydrogen) atoms. The average molecular weight is 303 g/mol. The summed E-state index contributed by atoms with van der Waals surface area (Å²) in [5, 5.41) is 5.80. The first-order valence-electron chi connectivity index (χ1n) is 7.42. The van der Waals surface area contributed by atoms with Crippen molar-refractivity contribution in [3.63, 3.8) is 0 Å². The van der Waals surface area contributed by atoms with Crippen molar-refractivity contribution < 1.29 is 13.2 Å². The van der Waals surface area contributed by atoms with E-state index in [0.717, 1.165) is 38.8 Å². The van der Waals surface area contributed by atoms with E-state index >= 15 is 0 Å². The number of rotatable bonds is 6. The summed E-state index contributed by atoms with van der Waals surface area (Å²) in [5.74, 6) is 0.248. The lowest BCUT2D eigenvalue weighted by Gasteiger charge is -2.27. The second-order valence-electron chi connectivity index (χ2n) is 6.16. The first kappa shape index (κ1) is 15.7. The maximum Gasteiger partial charge on any atom is 0.236 e. The molecule has 0 bridgehead atoms. The standard InChI is InChI=1S/C13H25N3O3S/c1-10-2-4-12(5-3-10)16-20(18,19)9-13(17)15-8-11-6-14-7-11/h10-12,14,16H,2-9H2,1H3,(H,15,17). The normalized spacial score (nSPS) is 27.9. The molecule has 1 saturated carbocycles. The summed E-state index contributed by atoms with van der Waals surface area (Å²) in [5.41, 5.74) is 0. The molecule has 1 aliphatic carbocycles. The molecule has 1 saturated heterocycles. The molecule has 0 aromatic heterocycles. The van der Waals surface area contributed by atoms with E-state index in [2.05, 4.69) is 22.3 Å². The Labute approximate surface area is 121 Å². The van der Waals surface area contributed by atoms with Gasteiger partial charge >= 0.3 is 0 Å². The van der Waals surface area contributed by atoms with E-state index in [9.17, 15) is 13.2 Å². The number of hydrogen-bond acceptors (Lipinski definition) is 4. The predicted octanol–water partition coefficient (Wildman–Crippen LogP) is -0.180. The summed E-state index contributed by atoms with van der Waals surface area (Å²) < 4.78 is 26.5. The summed E-state index contributed by atoms with van der Waals surface area (Å²) in [6.07, 6.45) is 3.84. The van der Waals surface area contributed by atoms with Gasteiger partial charge in [-0.3, -0.25) is 4.79 Å². The molecule has 6 nitrogen and oxygen atoms in total. The Bertz CT molecular complexity index is 426. The number of sulfonamides is 1. The van der Waals surface area contributed by atoms with Crippen LogP contribution in [0.2, 0.25) is 0 Å². The molecule has 7 heteroatoms. The average Bonchev–Trinajstić information content (AvgIpc) is 2.29. The molecule has 1 aliphatic heterocycles. The number of carbonyl (C=O) groups excluding carboxylic acids is 1. The van der Waals surface area contributed by atoms with Gasteiger partial charge in [-0.1, -0.05) is 6.92 Å². The van der Waals surface area contributed by atoms with Crippen LogP contribution in [0.3, 0.4) is 0 Å². The molecule has 1 heterocycles. The summed E-state index contributed by atoms with van der Waals surface area (Å²) >= 11 is 0. The zero-order chi connectivity index (χ0) is 14.6. The van der Waals surface area contributed by atoms with Gasteiger partial charge in [0, 0.05) is 31.6 Å². The lowest BCUT2D eigenvalue weighted by Crippen LogP contribution is -2.49. The summed E-state index contributed by atoms with van der Waals surface area (Å²) in [6, 6.07) is -0.000155. The van der Waals surface area contributed by atoms with E-state index in [1.165, 1.54) is 0 Å². The monoisotopic (exact) mass is 303 g/mol. The Morgan fingerprint density at radius 1 is 1.20 bits per heavy atom. The quantitative estimate of drug-likeness (QED) is 0.635. The van der Waals surface area contributed by atoms with Crippen molar-refractivity contribution in [1.82, 2.24) is 15.4 Å². The number of nitrogens with one attached hydrogen (secondary N) is 3. The Hall–Kier alpha value is -0.660. The Morgan fingerprint density at radius 3 is 2.40 bits per heavy atom. The lowest BCUT2D eigenvalue weighted by atomic mass is 9.88. The molecule has 0 unspecified atom stereocenters. The van der Waals surface area contributed by atoms with Crippen LogP contribution < -0.4 is 15.4 Å². The first-order chi connectivity index (χ1) is 9.44. The Morgan fingerprint density at radius 2 is 1.85 bits per heavy atom. The molecule has 2 rings (SSSR count). The van der Waals surface area contributed by atoms with Crippen LogP contribution in [-0.2, 0) is 14.8 Å². The van der Waals surface area contributed by atoms with Crippen molar-refractivity contribution in [3.8, 4) is 0 Å². The molecule has 0 radical (unpaired) electrons. The minimum Gasteiger partial charge on any atom is -0.355 e. The van der Waals surface area contributed by atoms with Gasteiger partial charge in [0.1, 0.15) is 5.75 Å². The minimum absolute atomic E-state index is 0.000155. The van der Waals surface area contributed by atoms with Crippen LogP contribution in [0.1, 0.15) is 32.6 Å². The van der Waals surface area contributed by atoms with Gasteiger partial charge in [0.05, 0.1) is 0 Å². The highest BCUT2D eigenvalue weighted by atomic mass is 32.2. The molecular weight excluding hydrogens is 278 g/mol. The molecule has 116 valence electrons. The van der Waals surface area contributed by atoms with Crippen LogP contribution >= 0.6 is 0 Å². The minimum atomic E-state index is -3.51. The maximum absolute atomic E-state index is 11.9. The molecule has 2 aliphatic rings. The van der Waals surface area contributed by atoms with Crippen molar-refractivity contribution >= 4 is 15.9 Å². The number of hydrogen-bond donors (Lipinski definition) is 3. The topological polar surface area (TPSA) is 87.3 Å². The lowest BCUT2D eigenvalue weighted by molar-refractivity contribution is -0.118. The third-order valence-corrected chi connectivity index (χ3v) is 5.47. The van der Waals surface area contributed by atoms with Crippen LogP contribution in [-0.4, -0.2) is 45.8 Å². The van der Waals surface area contributed by atoms with Crippen molar-refractivity contribution in [2.75, 3.05) is 25.4 Å². The largest absolute Gasteiger partial charge is 0.355 e. The van der Waals surface area contributed by atoms with Gasteiger partial charge in [0.25, 0.3) is 0 Å². The second kappa shape index (κ2) is 6.87. The maximum atomic E-state index is 11.9. The van der Waals surface area contributed by atoms with E-state index in [1.54, 1.807) is 0 Å². The Balaban J connectivity index is 1.70. The summed E-state index contributed by atoms with van der Waals surface area (Å²) in [4.78, 5) is 11.6.